The molecule has 3 N–H and O–H groups in total. The lowest BCUT2D eigenvalue weighted by Gasteiger charge is -2.24. The zero-order valence-corrected chi connectivity index (χ0v) is 10.7. The van der Waals surface area contributed by atoms with Crippen LogP contribution in [0.5, 0.6) is 0 Å². The van der Waals surface area contributed by atoms with Crippen molar-refractivity contribution in [1.82, 2.24) is 5.43 Å². The lowest BCUT2D eigenvalue weighted by molar-refractivity contribution is 0.161. The molecule has 0 aromatic heterocycles. The van der Waals surface area contributed by atoms with Gasteiger partial charge in [-0.3, -0.25) is 5.84 Å². The minimum atomic E-state index is -2.81. The zero-order valence-electron chi connectivity index (χ0n) is 9.89. The Balaban J connectivity index is 1.94. The van der Waals surface area contributed by atoms with Crippen LogP contribution in [0.4, 0.5) is 0 Å². The number of nitrogens with one attached hydrogen (secondary N) is 1. The van der Waals surface area contributed by atoms with Gasteiger partial charge in [0, 0.05) is 0 Å². The molecule has 6 heteroatoms. The van der Waals surface area contributed by atoms with Crippen LogP contribution in [0.3, 0.4) is 0 Å². The Morgan fingerprint density at radius 2 is 2.41 bits per heavy atom. The van der Waals surface area contributed by atoms with Crippen LogP contribution in [-0.4, -0.2) is 32.6 Å². The van der Waals surface area contributed by atoms with Crippen molar-refractivity contribution in [3.8, 4) is 0 Å². The molecule has 0 saturated carbocycles. The number of sulfone groups is 1. The Kier molecular flexibility index (Phi) is 4.06. The summed E-state index contributed by atoms with van der Waals surface area (Å²) < 4.78 is 28.3. The minimum absolute atomic E-state index is 0.0476. The van der Waals surface area contributed by atoms with Gasteiger partial charge in [-0.2, -0.15) is 0 Å². The second-order valence-corrected chi connectivity index (χ2v) is 7.05. The van der Waals surface area contributed by atoms with Gasteiger partial charge in [0.2, 0.25) is 0 Å². The predicted octanol–water partition coefficient (Wildman–Crippen LogP) is 0.337. The lowest BCUT2D eigenvalue weighted by atomic mass is 9.97. The van der Waals surface area contributed by atoms with E-state index in [9.17, 15) is 8.42 Å². The van der Waals surface area contributed by atoms with Gasteiger partial charge in [-0.05, 0) is 37.7 Å². The molecule has 2 aliphatic heterocycles. The summed E-state index contributed by atoms with van der Waals surface area (Å²) in [5.74, 6) is 7.21. The van der Waals surface area contributed by atoms with E-state index in [1.165, 1.54) is 0 Å². The molecule has 2 aliphatic rings. The Morgan fingerprint density at radius 1 is 1.59 bits per heavy atom. The van der Waals surface area contributed by atoms with Crippen LogP contribution >= 0.6 is 0 Å². The van der Waals surface area contributed by atoms with E-state index >= 15 is 0 Å². The second-order valence-electron chi connectivity index (χ2n) is 4.82. The first-order chi connectivity index (χ1) is 8.11. The summed E-state index contributed by atoms with van der Waals surface area (Å²) >= 11 is 0. The highest BCUT2D eigenvalue weighted by molar-refractivity contribution is 7.91. The average Bonchev–Trinajstić information content (AvgIpc) is 2.67. The van der Waals surface area contributed by atoms with Crippen molar-refractivity contribution in [3.63, 3.8) is 0 Å². The van der Waals surface area contributed by atoms with Gasteiger partial charge in [0.1, 0.15) is 5.76 Å². The number of hydrogen-bond donors (Lipinski definition) is 2. The molecule has 2 unspecified atom stereocenters. The highest BCUT2D eigenvalue weighted by atomic mass is 32.2. The fraction of sp³-hybridized carbons (Fsp3) is 0.818. The predicted molar refractivity (Wildman–Crippen MR) is 65.8 cm³/mol. The summed E-state index contributed by atoms with van der Waals surface area (Å²) in [6.07, 6.45) is 5.59. The van der Waals surface area contributed by atoms with Crippen LogP contribution in [0.2, 0.25) is 0 Å². The Labute approximate surface area is 102 Å². The standard InChI is InChI=1S/C11H20N2O3S/c12-13-10(11-3-1-2-5-16-11)7-9-4-6-17(14,15)8-9/h3,9-10,13H,1-2,4-8,12H2. The maximum atomic E-state index is 11.4. The number of hydrazine groups is 1. The molecule has 0 aromatic rings. The topological polar surface area (TPSA) is 81.4 Å². The number of rotatable bonds is 4. The smallest absolute Gasteiger partial charge is 0.150 e. The molecular weight excluding hydrogens is 240 g/mol. The van der Waals surface area contributed by atoms with Crippen molar-refractivity contribution in [1.29, 1.82) is 0 Å². The number of allylic oxidation sites excluding steroid dienone is 1. The van der Waals surface area contributed by atoms with E-state index in [2.05, 4.69) is 11.5 Å². The SMILES string of the molecule is NNC(CC1CCS(=O)(=O)C1)C1=CCCCO1. The molecule has 17 heavy (non-hydrogen) atoms. The summed E-state index contributed by atoms with van der Waals surface area (Å²) in [6.45, 7) is 0.729. The molecule has 0 aliphatic carbocycles. The van der Waals surface area contributed by atoms with Crippen LogP contribution in [0.15, 0.2) is 11.8 Å². The van der Waals surface area contributed by atoms with Crippen LogP contribution in [0.25, 0.3) is 0 Å². The third-order valence-corrected chi connectivity index (χ3v) is 5.24. The van der Waals surface area contributed by atoms with Gasteiger partial charge in [0.25, 0.3) is 0 Å². The molecule has 0 amide bonds. The highest BCUT2D eigenvalue weighted by Crippen LogP contribution is 2.26. The van der Waals surface area contributed by atoms with Crippen LogP contribution in [0.1, 0.15) is 25.7 Å². The molecule has 98 valence electrons. The first kappa shape index (κ1) is 12.9. The van der Waals surface area contributed by atoms with E-state index in [0.717, 1.165) is 38.0 Å². The van der Waals surface area contributed by atoms with E-state index in [0.29, 0.717) is 11.5 Å². The van der Waals surface area contributed by atoms with Gasteiger partial charge < -0.3 is 4.74 Å². The second kappa shape index (κ2) is 5.37. The van der Waals surface area contributed by atoms with E-state index in [4.69, 9.17) is 10.6 Å². The van der Waals surface area contributed by atoms with Crippen molar-refractivity contribution < 1.29 is 13.2 Å². The molecule has 0 radical (unpaired) electrons. The first-order valence-corrected chi connectivity index (χ1v) is 7.92. The van der Waals surface area contributed by atoms with Crippen LogP contribution < -0.4 is 11.3 Å². The van der Waals surface area contributed by atoms with Gasteiger partial charge in [-0.15, -0.1) is 0 Å². The molecule has 1 fully saturated rings. The summed E-state index contributed by atoms with van der Waals surface area (Å²) in [7, 11) is -2.81. The lowest BCUT2D eigenvalue weighted by Crippen LogP contribution is -2.39. The highest BCUT2D eigenvalue weighted by Gasteiger charge is 2.31. The largest absolute Gasteiger partial charge is 0.497 e. The average molecular weight is 260 g/mol. The van der Waals surface area contributed by atoms with Gasteiger partial charge in [0.15, 0.2) is 9.84 Å². The summed E-state index contributed by atoms with van der Waals surface area (Å²) in [5, 5.41) is 0. The van der Waals surface area contributed by atoms with Crippen molar-refractivity contribution >= 4 is 9.84 Å². The van der Waals surface area contributed by atoms with Crippen molar-refractivity contribution in [2.24, 2.45) is 11.8 Å². The third-order valence-electron chi connectivity index (χ3n) is 3.40. The molecule has 2 rings (SSSR count). The van der Waals surface area contributed by atoms with E-state index in [1.807, 2.05) is 0 Å². The maximum absolute atomic E-state index is 11.4. The number of ether oxygens (including phenoxy) is 1. The van der Waals surface area contributed by atoms with E-state index in [1.54, 1.807) is 0 Å². The van der Waals surface area contributed by atoms with Crippen LogP contribution in [-0.2, 0) is 14.6 Å². The molecule has 2 atom stereocenters. The fourth-order valence-corrected chi connectivity index (χ4v) is 4.36. The van der Waals surface area contributed by atoms with Gasteiger partial charge in [0.05, 0.1) is 24.2 Å². The van der Waals surface area contributed by atoms with E-state index in [-0.39, 0.29) is 12.0 Å². The summed E-state index contributed by atoms with van der Waals surface area (Å²) in [6, 6.07) is -0.0476. The first-order valence-electron chi connectivity index (χ1n) is 6.10. The van der Waals surface area contributed by atoms with Gasteiger partial charge in [-0.1, -0.05) is 0 Å². The number of nitrogens with two attached hydrogens (primary N) is 1. The van der Waals surface area contributed by atoms with Crippen LogP contribution in [0, 0.1) is 5.92 Å². The Hall–Kier alpha value is -0.590. The molecule has 1 saturated heterocycles. The quantitative estimate of drug-likeness (QED) is 0.562. The monoisotopic (exact) mass is 260 g/mol. The summed E-state index contributed by atoms with van der Waals surface area (Å²) in [5.41, 5.74) is 2.74. The van der Waals surface area contributed by atoms with Crippen molar-refractivity contribution in [2.45, 2.75) is 31.7 Å². The van der Waals surface area contributed by atoms with E-state index < -0.39 is 9.84 Å². The Morgan fingerprint density at radius 3 is 2.94 bits per heavy atom. The molecule has 5 nitrogen and oxygen atoms in total. The molecule has 0 bridgehead atoms. The molecule has 2 heterocycles. The summed E-state index contributed by atoms with van der Waals surface area (Å²) in [4.78, 5) is 0. The molecule has 0 spiro atoms. The maximum Gasteiger partial charge on any atom is 0.150 e. The van der Waals surface area contributed by atoms with Gasteiger partial charge in [-0.25, -0.2) is 13.8 Å². The minimum Gasteiger partial charge on any atom is -0.497 e. The van der Waals surface area contributed by atoms with Gasteiger partial charge >= 0.3 is 0 Å². The fourth-order valence-electron chi connectivity index (χ4n) is 2.48. The third kappa shape index (κ3) is 3.43. The molecule has 0 aromatic carbocycles. The normalized spacial score (nSPS) is 29.5. The number of hydrogen-bond acceptors (Lipinski definition) is 5. The Bertz CT molecular complexity index is 392. The molecular formula is C11H20N2O3S. The zero-order chi connectivity index (χ0) is 12.3. The van der Waals surface area contributed by atoms with Crippen molar-refractivity contribution in [2.75, 3.05) is 18.1 Å². The van der Waals surface area contributed by atoms with Crippen molar-refractivity contribution in [3.05, 3.63) is 11.8 Å².